The molecule has 3 rings (SSSR count). The lowest BCUT2D eigenvalue weighted by Gasteiger charge is -2.29. The van der Waals surface area contributed by atoms with Crippen molar-refractivity contribution in [2.45, 2.75) is 39.7 Å². The largest absolute Gasteiger partial charge is 0.493 e. The van der Waals surface area contributed by atoms with E-state index in [4.69, 9.17) is 4.74 Å². The van der Waals surface area contributed by atoms with Crippen LogP contribution in [0.3, 0.4) is 0 Å². The highest BCUT2D eigenvalue weighted by atomic mass is 16.5. The normalized spacial score (nSPS) is 16.5. The number of para-hydroxylation sites is 1. The van der Waals surface area contributed by atoms with Gasteiger partial charge < -0.3 is 10.1 Å². The molecule has 6 heteroatoms. The fourth-order valence-corrected chi connectivity index (χ4v) is 3.00. The van der Waals surface area contributed by atoms with Crippen LogP contribution in [0.5, 0.6) is 5.75 Å². The van der Waals surface area contributed by atoms with Crippen LogP contribution < -0.4 is 10.1 Å². The van der Waals surface area contributed by atoms with Gasteiger partial charge in [0.05, 0.1) is 6.61 Å². The number of carbonyl (C=O) groups is 1. The Labute approximate surface area is 141 Å². The van der Waals surface area contributed by atoms with Gasteiger partial charge in [-0.1, -0.05) is 31.5 Å². The molecule has 126 valence electrons. The van der Waals surface area contributed by atoms with Gasteiger partial charge in [-0.25, -0.2) is 4.68 Å². The molecular weight excluding hydrogens is 304 g/mol. The van der Waals surface area contributed by atoms with E-state index in [1.54, 1.807) is 11.6 Å². The standard InChI is InChI=1S/C18H22N4O2/c1-4-5-10-24-15-9-7-6-8-14(15)17-16(13(3)23)12(2)21-18-19-11-20-22(17)18/h6-9,11,17H,4-5,10H2,1-3H3,(H,19,20,21). The number of carbonyl (C=O) groups excluding carboxylic acids is 1. The number of anilines is 1. The maximum Gasteiger partial charge on any atom is 0.226 e. The van der Waals surface area contributed by atoms with E-state index in [9.17, 15) is 4.79 Å². The van der Waals surface area contributed by atoms with Gasteiger partial charge in [-0.05, 0) is 26.3 Å². The minimum absolute atomic E-state index is 0.00881. The van der Waals surface area contributed by atoms with Crippen LogP contribution in [0.1, 0.15) is 45.2 Å². The van der Waals surface area contributed by atoms with Gasteiger partial charge in [-0.2, -0.15) is 10.1 Å². The predicted octanol–water partition coefficient (Wildman–Crippen LogP) is 3.33. The number of nitrogens with zero attached hydrogens (tertiary/aromatic N) is 3. The van der Waals surface area contributed by atoms with E-state index < -0.39 is 0 Å². The van der Waals surface area contributed by atoms with Gasteiger partial charge in [-0.3, -0.25) is 4.79 Å². The monoisotopic (exact) mass is 326 g/mol. The van der Waals surface area contributed by atoms with E-state index in [2.05, 4.69) is 22.3 Å². The molecule has 1 unspecified atom stereocenters. The van der Waals surface area contributed by atoms with Crippen molar-refractivity contribution in [1.29, 1.82) is 0 Å². The minimum Gasteiger partial charge on any atom is -0.493 e. The highest BCUT2D eigenvalue weighted by molar-refractivity contribution is 5.96. The van der Waals surface area contributed by atoms with Crippen molar-refractivity contribution >= 4 is 11.7 Å². The number of Topliss-reactive ketones (excluding diaryl/α,β-unsaturated/α-hetero) is 1. The van der Waals surface area contributed by atoms with Gasteiger partial charge in [0.1, 0.15) is 18.1 Å². The number of hydrogen-bond donors (Lipinski definition) is 1. The zero-order valence-corrected chi connectivity index (χ0v) is 14.2. The molecule has 24 heavy (non-hydrogen) atoms. The lowest BCUT2D eigenvalue weighted by molar-refractivity contribution is -0.114. The molecule has 0 saturated carbocycles. The molecule has 0 radical (unpaired) electrons. The first kappa shape index (κ1) is 16.2. The van der Waals surface area contributed by atoms with Crippen molar-refractivity contribution in [2.75, 3.05) is 11.9 Å². The molecule has 1 N–H and O–H groups in total. The van der Waals surface area contributed by atoms with Crippen LogP contribution in [0, 0.1) is 0 Å². The number of ketones is 1. The average molecular weight is 326 g/mol. The van der Waals surface area contributed by atoms with Crippen LogP contribution in [0.4, 0.5) is 5.95 Å². The molecule has 0 amide bonds. The maximum absolute atomic E-state index is 12.3. The van der Waals surface area contributed by atoms with E-state index in [1.165, 1.54) is 6.33 Å². The van der Waals surface area contributed by atoms with E-state index in [0.29, 0.717) is 18.1 Å². The summed E-state index contributed by atoms with van der Waals surface area (Å²) >= 11 is 0. The van der Waals surface area contributed by atoms with Gasteiger partial charge in [-0.15, -0.1) is 0 Å². The van der Waals surface area contributed by atoms with Crippen LogP contribution in [-0.4, -0.2) is 27.2 Å². The number of fused-ring (bicyclic) bond motifs is 1. The van der Waals surface area contributed by atoms with Crippen molar-refractivity contribution in [3.05, 3.63) is 47.4 Å². The summed E-state index contributed by atoms with van der Waals surface area (Å²) in [6, 6.07) is 7.49. The number of hydrogen-bond acceptors (Lipinski definition) is 5. The smallest absolute Gasteiger partial charge is 0.226 e. The van der Waals surface area contributed by atoms with Gasteiger partial charge in [0, 0.05) is 16.8 Å². The molecule has 0 spiro atoms. The van der Waals surface area contributed by atoms with Crippen LogP contribution in [0.25, 0.3) is 0 Å². The van der Waals surface area contributed by atoms with Crippen molar-refractivity contribution in [2.24, 2.45) is 0 Å². The van der Waals surface area contributed by atoms with Crippen molar-refractivity contribution in [1.82, 2.24) is 14.8 Å². The SMILES string of the molecule is CCCCOc1ccccc1C1C(C(C)=O)=C(C)Nc2ncnn21. The van der Waals surface area contributed by atoms with Gasteiger partial charge in [0.25, 0.3) is 0 Å². The summed E-state index contributed by atoms with van der Waals surface area (Å²) in [5.74, 6) is 1.42. The Morgan fingerprint density at radius 2 is 2.17 bits per heavy atom. The molecule has 1 aliphatic heterocycles. The number of rotatable bonds is 6. The minimum atomic E-state index is -0.334. The average Bonchev–Trinajstić information content (AvgIpc) is 3.02. The van der Waals surface area contributed by atoms with Crippen LogP contribution >= 0.6 is 0 Å². The van der Waals surface area contributed by atoms with Gasteiger partial charge in [0.2, 0.25) is 5.95 Å². The van der Waals surface area contributed by atoms with Crippen molar-refractivity contribution in [3.63, 3.8) is 0 Å². The fraction of sp³-hybridized carbons (Fsp3) is 0.389. The molecule has 1 aromatic heterocycles. The first-order valence-corrected chi connectivity index (χ1v) is 8.23. The van der Waals surface area contributed by atoms with Crippen molar-refractivity contribution < 1.29 is 9.53 Å². The third-order valence-electron chi connectivity index (χ3n) is 4.14. The number of ether oxygens (including phenoxy) is 1. The number of unbranched alkanes of at least 4 members (excludes halogenated alkanes) is 1. The van der Waals surface area contributed by atoms with E-state index in [-0.39, 0.29) is 11.8 Å². The number of aromatic nitrogens is 3. The summed E-state index contributed by atoms with van der Waals surface area (Å²) in [7, 11) is 0. The molecule has 2 heterocycles. The van der Waals surface area contributed by atoms with E-state index in [1.807, 2.05) is 31.2 Å². The summed E-state index contributed by atoms with van der Waals surface area (Å²) in [5.41, 5.74) is 2.40. The zero-order valence-electron chi connectivity index (χ0n) is 14.2. The fourth-order valence-electron chi connectivity index (χ4n) is 3.00. The molecule has 0 fully saturated rings. The summed E-state index contributed by atoms with van der Waals surface area (Å²) in [4.78, 5) is 16.5. The molecule has 0 aliphatic carbocycles. The van der Waals surface area contributed by atoms with Gasteiger partial charge in [0.15, 0.2) is 5.78 Å². The summed E-state index contributed by atoms with van der Waals surface area (Å²) < 4.78 is 7.71. The Morgan fingerprint density at radius 1 is 1.38 bits per heavy atom. The Balaban J connectivity index is 2.08. The summed E-state index contributed by atoms with van der Waals surface area (Å²) in [6.07, 6.45) is 3.55. The van der Waals surface area contributed by atoms with E-state index in [0.717, 1.165) is 29.9 Å². The van der Waals surface area contributed by atoms with Crippen LogP contribution in [0.2, 0.25) is 0 Å². The Bertz CT molecular complexity index is 779. The maximum atomic E-state index is 12.3. The molecule has 0 saturated heterocycles. The lowest BCUT2D eigenvalue weighted by Crippen LogP contribution is -2.28. The Hall–Kier alpha value is -2.63. The van der Waals surface area contributed by atoms with E-state index >= 15 is 0 Å². The summed E-state index contributed by atoms with van der Waals surface area (Å²) in [5, 5.41) is 7.47. The van der Waals surface area contributed by atoms with Gasteiger partial charge >= 0.3 is 0 Å². The Morgan fingerprint density at radius 3 is 2.92 bits per heavy atom. The molecule has 1 aliphatic rings. The Kier molecular flexibility index (Phi) is 4.64. The van der Waals surface area contributed by atoms with Crippen LogP contribution in [0.15, 0.2) is 41.9 Å². The quantitative estimate of drug-likeness (QED) is 0.825. The van der Waals surface area contributed by atoms with Crippen LogP contribution in [-0.2, 0) is 4.79 Å². The molecule has 1 atom stereocenters. The predicted molar refractivity (Wildman–Crippen MR) is 92.0 cm³/mol. The lowest BCUT2D eigenvalue weighted by atomic mass is 9.92. The third-order valence-corrected chi connectivity index (χ3v) is 4.14. The number of allylic oxidation sites excluding steroid dienone is 2. The molecule has 1 aromatic carbocycles. The molecular formula is C18H22N4O2. The number of nitrogens with one attached hydrogen (secondary N) is 1. The molecule has 6 nitrogen and oxygen atoms in total. The van der Waals surface area contributed by atoms with Crippen molar-refractivity contribution in [3.8, 4) is 5.75 Å². The third kappa shape index (κ3) is 2.91. The second-order valence-corrected chi connectivity index (χ2v) is 5.89. The first-order chi connectivity index (χ1) is 11.6. The second kappa shape index (κ2) is 6.86. The highest BCUT2D eigenvalue weighted by Crippen LogP contribution is 2.38. The molecule has 0 bridgehead atoms. The number of benzene rings is 1. The topological polar surface area (TPSA) is 69.0 Å². The first-order valence-electron chi connectivity index (χ1n) is 8.23. The summed E-state index contributed by atoms with van der Waals surface area (Å²) in [6.45, 7) is 6.25. The molecule has 2 aromatic rings. The second-order valence-electron chi connectivity index (χ2n) is 5.89. The highest BCUT2D eigenvalue weighted by Gasteiger charge is 2.33. The zero-order chi connectivity index (χ0) is 17.1.